The molecule has 0 aromatic carbocycles. The molecule has 0 saturated heterocycles. The number of nitrogens with one attached hydrogen (secondary N) is 3. The van der Waals surface area contributed by atoms with Gasteiger partial charge in [0.05, 0.1) is 6.61 Å². The molecule has 2 aromatic heterocycles. The molecule has 0 aliphatic carbocycles. The van der Waals surface area contributed by atoms with Gasteiger partial charge in [-0.25, -0.2) is 18.1 Å². The van der Waals surface area contributed by atoms with Crippen LogP contribution in [-0.4, -0.2) is 45.4 Å². The van der Waals surface area contributed by atoms with Gasteiger partial charge in [0.25, 0.3) is 10.0 Å². The van der Waals surface area contributed by atoms with Crippen LogP contribution >= 0.6 is 0 Å². The van der Waals surface area contributed by atoms with Crippen molar-refractivity contribution in [2.24, 2.45) is 0 Å². The Morgan fingerprint density at radius 2 is 2.21 bits per heavy atom. The third kappa shape index (κ3) is 2.97. The van der Waals surface area contributed by atoms with Crippen molar-refractivity contribution in [3.63, 3.8) is 0 Å². The van der Waals surface area contributed by atoms with Crippen molar-refractivity contribution < 1.29 is 13.5 Å². The minimum absolute atomic E-state index is 0.161. The van der Waals surface area contributed by atoms with Gasteiger partial charge in [-0.1, -0.05) is 0 Å². The predicted molar refractivity (Wildman–Crippen MR) is 64.5 cm³/mol. The highest BCUT2D eigenvalue weighted by Crippen LogP contribution is 2.15. The second-order valence-electron chi connectivity index (χ2n) is 3.87. The number of aromatic amines is 2. The second-order valence-corrected chi connectivity index (χ2v) is 5.55. The van der Waals surface area contributed by atoms with Gasteiger partial charge in [-0.15, -0.1) is 0 Å². The topological polar surface area (TPSA) is 137 Å². The number of aliphatic hydroxyl groups is 1. The Bertz CT molecular complexity index is 633. The third-order valence-electron chi connectivity index (χ3n) is 2.57. The van der Waals surface area contributed by atoms with E-state index in [2.05, 4.69) is 30.1 Å². The fraction of sp³-hybridized carbons (Fsp3) is 0.444. The molecule has 4 N–H and O–H groups in total. The number of aromatic nitrogens is 5. The summed E-state index contributed by atoms with van der Waals surface area (Å²) in [6, 6.07) is 0. The normalized spacial score (nSPS) is 11.9. The number of hydrogen-bond donors (Lipinski definition) is 4. The Morgan fingerprint density at radius 3 is 2.84 bits per heavy atom. The highest BCUT2D eigenvalue weighted by molar-refractivity contribution is 7.89. The molecular weight excluding hydrogens is 272 g/mol. The molecule has 0 saturated carbocycles. The Hall–Kier alpha value is -1.78. The van der Waals surface area contributed by atoms with Gasteiger partial charge in [0.1, 0.15) is 12.2 Å². The largest absolute Gasteiger partial charge is 0.392 e. The molecule has 0 unspecified atom stereocenters. The molecule has 0 atom stereocenters. The van der Waals surface area contributed by atoms with E-state index in [1.807, 2.05) is 0 Å². The van der Waals surface area contributed by atoms with Crippen molar-refractivity contribution in [3.8, 4) is 0 Å². The molecule has 0 fully saturated rings. The zero-order valence-electron chi connectivity index (χ0n) is 10.2. The molecule has 0 aliphatic rings. The fourth-order valence-electron chi connectivity index (χ4n) is 1.56. The Kier molecular flexibility index (Phi) is 3.93. The summed E-state index contributed by atoms with van der Waals surface area (Å²) < 4.78 is 26.4. The molecule has 2 aromatic rings. The maximum atomic E-state index is 12.0. The van der Waals surface area contributed by atoms with E-state index in [1.54, 1.807) is 6.92 Å². The van der Waals surface area contributed by atoms with Crippen molar-refractivity contribution in [1.82, 2.24) is 30.1 Å². The Labute approximate surface area is 109 Å². The molecule has 10 heteroatoms. The molecule has 2 heterocycles. The predicted octanol–water partition coefficient (Wildman–Crippen LogP) is -1.15. The minimum Gasteiger partial charge on any atom is -0.392 e. The summed E-state index contributed by atoms with van der Waals surface area (Å²) in [6.07, 6.45) is 1.74. The Balaban J connectivity index is 2.05. The van der Waals surface area contributed by atoms with Crippen molar-refractivity contribution >= 4 is 10.0 Å². The van der Waals surface area contributed by atoms with E-state index < -0.39 is 10.0 Å². The SMILES string of the molecule is Cc1[nH]nc(S(=O)(=O)NCCc2ncn[nH]2)c1CO. The molecule has 0 radical (unpaired) electrons. The summed E-state index contributed by atoms with van der Waals surface area (Å²) in [5, 5.41) is 21.5. The minimum atomic E-state index is -3.75. The number of hydrogen-bond acceptors (Lipinski definition) is 6. The number of sulfonamides is 1. The van der Waals surface area contributed by atoms with Crippen LogP contribution in [0.5, 0.6) is 0 Å². The number of aryl methyl sites for hydroxylation is 1. The molecule has 0 spiro atoms. The van der Waals surface area contributed by atoms with Gasteiger partial charge in [-0.2, -0.15) is 10.2 Å². The van der Waals surface area contributed by atoms with E-state index in [0.717, 1.165) is 0 Å². The first kappa shape index (κ1) is 13.6. The van der Waals surface area contributed by atoms with Crippen LogP contribution in [0.15, 0.2) is 11.4 Å². The molecule has 0 amide bonds. The van der Waals surface area contributed by atoms with E-state index in [0.29, 0.717) is 17.9 Å². The molecule has 0 aliphatic heterocycles. The van der Waals surface area contributed by atoms with Gasteiger partial charge in [0.2, 0.25) is 0 Å². The number of nitrogens with zero attached hydrogens (tertiary/aromatic N) is 3. The standard InChI is InChI=1S/C9H14N6O3S/c1-6-7(4-16)9(15-13-6)19(17,18)12-3-2-8-10-5-11-14-8/h5,12,16H,2-4H2,1H3,(H,13,15)(H,10,11,14). The highest BCUT2D eigenvalue weighted by atomic mass is 32.2. The van der Waals surface area contributed by atoms with Gasteiger partial charge in [0, 0.05) is 24.2 Å². The maximum absolute atomic E-state index is 12.0. The van der Waals surface area contributed by atoms with Crippen LogP contribution in [0.4, 0.5) is 0 Å². The van der Waals surface area contributed by atoms with Crippen molar-refractivity contribution in [2.75, 3.05) is 6.54 Å². The highest BCUT2D eigenvalue weighted by Gasteiger charge is 2.22. The van der Waals surface area contributed by atoms with E-state index >= 15 is 0 Å². The first-order valence-corrected chi connectivity index (χ1v) is 7.01. The monoisotopic (exact) mass is 286 g/mol. The van der Waals surface area contributed by atoms with Gasteiger partial charge >= 0.3 is 0 Å². The summed E-state index contributed by atoms with van der Waals surface area (Å²) >= 11 is 0. The zero-order chi connectivity index (χ0) is 13.9. The fourth-order valence-corrected chi connectivity index (χ4v) is 2.78. The second kappa shape index (κ2) is 5.47. The lowest BCUT2D eigenvalue weighted by molar-refractivity contribution is 0.277. The first-order chi connectivity index (χ1) is 9.04. The lowest BCUT2D eigenvalue weighted by Gasteiger charge is -2.04. The summed E-state index contributed by atoms with van der Waals surface area (Å²) in [7, 11) is -3.75. The molecule has 9 nitrogen and oxygen atoms in total. The van der Waals surface area contributed by atoms with Gasteiger partial charge in [-0.3, -0.25) is 10.2 Å². The molecule has 0 bridgehead atoms. The smallest absolute Gasteiger partial charge is 0.260 e. The molecule has 19 heavy (non-hydrogen) atoms. The van der Waals surface area contributed by atoms with Gasteiger partial charge < -0.3 is 5.11 Å². The van der Waals surface area contributed by atoms with E-state index in [-0.39, 0.29) is 23.7 Å². The summed E-state index contributed by atoms with van der Waals surface area (Å²) in [4.78, 5) is 3.88. The quantitative estimate of drug-likeness (QED) is 0.529. The van der Waals surface area contributed by atoms with E-state index in [9.17, 15) is 8.42 Å². The average Bonchev–Trinajstić information content (AvgIpc) is 2.98. The molecular formula is C9H14N6O3S. The van der Waals surface area contributed by atoms with Crippen LogP contribution in [0.25, 0.3) is 0 Å². The molecule has 2 rings (SSSR count). The lowest BCUT2D eigenvalue weighted by atomic mass is 10.3. The van der Waals surface area contributed by atoms with Crippen LogP contribution < -0.4 is 4.72 Å². The van der Waals surface area contributed by atoms with Crippen LogP contribution in [0, 0.1) is 6.92 Å². The molecule has 104 valence electrons. The van der Waals surface area contributed by atoms with Crippen LogP contribution in [0.3, 0.4) is 0 Å². The third-order valence-corrected chi connectivity index (χ3v) is 4.00. The van der Waals surface area contributed by atoms with Gasteiger partial charge in [-0.05, 0) is 6.92 Å². The van der Waals surface area contributed by atoms with Crippen molar-refractivity contribution in [2.45, 2.75) is 25.0 Å². The summed E-state index contributed by atoms with van der Waals surface area (Å²) in [5.41, 5.74) is 0.797. The van der Waals surface area contributed by atoms with E-state index in [1.165, 1.54) is 6.33 Å². The number of rotatable bonds is 6. The number of aliphatic hydroxyl groups excluding tert-OH is 1. The van der Waals surface area contributed by atoms with Gasteiger partial charge in [0.15, 0.2) is 5.03 Å². The van der Waals surface area contributed by atoms with Crippen LogP contribution in [0.1, 0.15) is 17.1 Å². The van der Waals surface area contributed by atoms with Crippen LogP contribution in [0.2, 0.25) is 0 Å². The first-order valence-electron chi connectivity index (χ1n) is 5.53. The van der Waals surface area contributed by atoms with Crippen molar-refractivity contribution in [3.05, 3.63) is 23.4 Å². The Morgan fingerprint density at radius 1 is 1.42 bits per heavy atom. The van der Waals surface area contributed by atoms with Crippen LogP contribution in [-0.2, 0) is 23.1 Å². The van der Waals surface area contributed by atoms with E-state index in [4.69, 9.17) is 5.11 Å². The zero-order valence-corrected chi connectivity index (χ0v) is 11.0. The summed E-state index contributed by atoms with van der Waals surface area (Å²) in [6.45, 7) is 1.42. The lowest BCUT2D eigenvalue weighted by Crippen LogP contribution is -2.27. The summed E-state index contributed by atoms with van der Waals surface area (Å²) in [5.74, 6) is 0.586. The average molecular weight is 286 g/mol. The van der Waals surface area contributed by atoms with Crippen molar-refractivity contribution in [1.29, 1.82) is 0 Å². The maximum Gasteiger partial charge on any atom is 0.260 e. The number of H-pyrrole nitrogens is 2.